The molecule has 2 aromatic rings. The van der Waals surface area contributed by atoms with Gasteiger partial charge in [0.1, 0.15) is 5.75 Å². The molecule has 0 aliphatic rings. The van der Waals surface area contributed by atoms with E-state index in [0.717, 1.165) is 5.75 Å². The minimum Gasteiger partial charge on any atom is -0.522 e. The Balaban J connectivity index is 0.00000128. The van der Waals surface area contributed by atoms with Gasteiger partial charge in [0.15, 0.2) is 0 Å². The Morgan fingerprint density at radius 1 is 0.875 bits per heavy atom. The van der Waals surface area contributed by atoms with Crippen molar-refractivity contribution in [3.05, 3.63) is 54.6 Å². The number of methoxy groups -OCH3 is 1. The second kappa shape index (κ2) is 6.27. The second-order valence-electron chi connectivity index (χ2n) is 3.00. The van der Waals surface area contributed by atoms with Gasteiger partial charge in [-0.3, -0.25) is 0 Å². The van der Waals surface area contributed by atoms with E-state index in [9.17, 15) is 0 Å². The minimum absolute atomic E-state index is 0. The Bertz CT molecular complexity index is 429. The molecule has 0 spiro atoms. The summed E-state index contributed by atoms with van der Waals surface area (Å²) in [6, 6.07) is 18.1. The summed E-state index contributed by atoms with van der Waals surface area (Å²) in [6.07, 6.45) is 0. The first-order valence-corrected chi connectivity index (χ1v) is 4.68. The van der Waals surface area contributed by atoms with Gasteiger partial charge in [-0.25, -0.2) is 0 Å². The van der Waals surface area contributed by atoms with Crippen molar-refractivity contribution < 1.29 is 28.3 Å². The molecule has 0 heterocycles. The van der Waals surface area contributed by atoms with E-state index in [1.54, 1.807) is 7.11 Å². The summed E-state index contributed by atoms with van der Waals surface area (Å²) in [6.45, 7) is 0. The van der Waals surface area contributed by atoms with Gasteiger partial charge >= 0.3 is 18.9 Å². The Labute approximate surface area is 107 Å². The van der Waals surface area contributed by atoms with Gasteiger partial charge in [0.2, 0.25) is 0 Å². The van der Waals surface area contributed by atoms with Crippen LogP contribution in [0.2, 0.25) is 0 Å². The van der Waals surface area contributed by atoms with Crippen molar-refractivity contribution in [2.45, 2.75) is 0 Å². The molecule has 0 aromatic heterocycles. The molecule has 0 aliphatic heterocycles. The molecule has 2 aromatic carbocycles. The molecule has 3 heteroatoms. The third kappa shape index (κ3) is 3.34. The smallest absolute Gasteiger partial charge is 0.522 e. The fourth-order valence-electron chi connectivity index (χ4n) is 1.22. The predicted octanol–water partition coefficient (Wildman–Crippen LogP) is 0.292. The van der Waals surface area contributed by atoms with E-state index < -0.39 is 0 Å². The van der Waals surface area contributed by atoms with Crippen LogP contribution in [0.4, 0.5) is 0 Å². The maximum absolute atomic E-state index is 5.59. The molecule has 0 N–H and O–H groups in total. The fourth-order valence-corrected chi connectivity index (χ4v) is 1.22. The zero-order valence-corrected chi connectivity index (χ0v) is 9.44. The Morgan fingerprint density at radius 3 is 2.25 bits per heavy atom. The van der Waals surface area contributed by atoms with Crippen molar-refractivity contribution in [1.29, 1.82) is 0 Å². The van der Waals surface area contributed by atoms with E-state index >= 15 is 0 Å². The Kier molecular flexibility index (Phi) is 4.98. The monoisotopic (exact) mass is 206 g/mol. The third-order valence-electron chi connectivity index (χ3n) is 1.93. The van der Waals surface area contributed by atoms with Crippen LogP contribution in [-0.2, 0) is 0 Å². The Hall–Kier alpha value is -1.36. The molecular formula is C13H11LiO2. The van der Waals surface area contributed by atoms with Crippen molar-refractivity contribution in [2.75, 3.05) is 7.11 Å². The van der Waals surface area contributed by atoms with Crippen molar-refractivity contribution in [2.24, 2.45) is 0 Å². The maximum Gasteiger partial charge on any atom is 1.00 e. The minimum atomic E-state index is 0. The first-order chi connectivity index (χ1) is 7.38. The normalized spacial score (nSPS) is 9.06. The molecule has 0 atom stereocenters. The van der Waals surface area contributed by atoms with Crippen LogP contribution in [0.25, 0.3) is 0 Å². The molecular weight excluding hydrogens is 195 g/mol. The van der Waals surface area contributed by atoms with E-state index in [4.69, 9.17) is 9.47 Å². The van der Waals surface area contributed by atoms with Crippen LogP contribution in [0.1, 0.15) is 0 Å². The maximum atomic E-state index is 5.59. The molecule has 0 saturated heterocycles. The van der Waals surface area contributed by atoms with E-state index in [0.29, 0.717) is 11.5 Å². The van der Waals surface area contributed by atoms with Crippen LogP contribution in [0.5, 0.6) is 17.2 Å². The Morgan fingerprint density at radius 2 is 1.56 bits per heavy atom. The average molecular weight is 206 g/mol. The summed E-state index contributed by atoms with van der Waals surface area (Å²) < 4.78 is 10.6. The standard InChI is InChI=1S/C13H11O2.Li/c1-14-12-8-5-9-13(10-12)15-11-6-3-2-4-7-11;/h2-9H,1H3;/q-1;+1. The molecule has 16 heavy (non-hydrogen) atoms. The van der Waals surface area contributed by atoms with Gasteiger partial charge in [-0.05, 0) is 12.1 Å². The molecule has 0 radical (unpaired) electrons. The van der Waals surface area contributed by atoms with Crippen LogP contribution in [-0.4, -0.2) is 7.11 Å². The molecule has 2 nitrogen and oxygen atoms in total. The van der Waals surface area contributed by atoms with Crippen molar-refractivity contribution in [1.82, 2.24) is 0 Å². The molecule has 0 unspecified atom stereocenters. The van der Waals surface area contributed by atoms with E-state index in [1.165, 1.54) is 0 Å². The van der Waals surface area contributed by atoms with Crippen molar-refractivity contribution in [3.63, 3.8) is 0 Å². The van der Waals surface area contributed by atoms with Crippen molar-refractivity contribution >= 4 is 0 Å². The quantitative estimate of drug-likeness (QED) is 0.531. The van der Waals surface area contributed by atoms with Crippen LogP contribution in [0, 0.1) is 6.07 Å². The van der Waals surface area contributed by atoms with Gasteiger partial charge in [0.05, 0.1) is 7.11 Å². The molecule has 0 amide bonds. The summed E-state index contributed by atoms with van der Waals surface area (Å²) in [5, 5.41) is 0. The number of para-hydroxylation sites is 1. The zero-order chi connectivity index (χ0) is 10.5. The van der Waals surface area contributed by atoms with E-state index in [2.05, 4.69) is 6.07 Å². The number of benzene rings is 2. The summed E-state index contributed by atoms with van der Waals surface area (Å²) in [5.74, 6) is 2.12. The number of rotatable bonds is 3. The van der Waals surface area contributed by atoms with Gasteiger partial charge in [-0.1, -0.05) is 24.3 Å². The van der Waals surface area contributed by atoms with Gasteiger partial charge in [-0.2, -0.15) is 6.07 Å². The summed E-state index contributed by atoms with van der Waals surface area (Å²) in [7, 11) is 1.61. The van der Waals surface area contributed by atoms with Crippen LogP contribution >= 0.6 is 0 Å². The van der Waals surface area contributed by atoms with Crippen LogP contribution < -0.4 is 28.3 Å². The SMILES string of the molecule is COc1[c-]c(Oc2ccccc2)ccc1.[Li+]. The van der Waals surface area contributed by atoms with Gasteiger partial charge < -0.3 is 9.47 Å². The predicted molar refractivity (Wildman–Crippen MR) is 58.3 cm³/mol. The number of hydrogen-bond donors (Lipinski definition) is 0. The topological polar surface area (TPSA) is 18.5 Å². The summed E-state index contributed by atoms with van der Waals surface area (Å²) in [5.41, 5.74) is 0. The van der Waals surface area contributed by atoms with Gasteiger partial charge in [0, 0.05) is 11.5 Å². The average Bonchev–Trinajstić information content (AvgIpc) is 2.31. The number of ether oxygens (including phenoxy) is 2. The van der Waals surface area contributed by atoms with Gasteiger partial charge in [0.25, 0.3) is 0 Å². The first kappa shape index (κ1) is 12.7. The third-order valence-corrected chi connectivity index (χ3v) is 1.93. The van der Waals surface area contributed by atoms with E-state index in [-0.39, 0.29) is 18.9 Å². The molecule has 2 rings (SSSR count). The summed E-state index contributed by atoms with van der Waals surface area (Å²) in [4.78, 5) is 0. The second-order valence-corrected chi connectivity index (χ2v) is 3.00. The molecule has 0 aliphatic carbocycles. The number of hydrogen-bond acceptors (Lipinski definition) is 2. The van der Waals surface area contributed by atoms with E-state index in [1.807, 2.05) is 48.5 Å². The van der Waals surface area contributed by atoms with Crippen molar-refractivity contribution in [3.8, 4) is 17.2 Å². The summed E-state index contributed by atoms with van der Waals surface area (Å²) >= 11 is 0. The molecule has 0 fully saturated rings. The molecule has 0 bridgehead atoms. The zero-order valence-electron chi connectivity index (χ0n) is 9.44. The van der Waals surface area contributed by atoms with Crippen LogP contribution in [0.3, 0.4) is 0 Å². The fraction of sp³-hybridized carbons (Fsp3) is 0.0769. The van der Waals surface area contributed by atoms with Crippen LogP contribution in [0.15, 0.2) is 48.5 Å². The first-order valence-electron chi connectivity index (χ1n) is 4.68. The van der Waals surface area contributed by atoms with Gasteiger partial charge in [-0.15, -0.1) is 12.1 Å². The largest absolute Gasteiger partial charge is 1.00 e. The molecule has 76 valence electrons. The molecule has 0 saturated carbocycles.